The van der Waals surface area contributed by atoms with Crippen molar-refractivity contribution in [3.05, 3.63) is 69.7 Å². The maximum atomic E-state index is 13.3. The number of sulfonamides is 1. The number of nitrogens with zero attached hydrogens (tertiary/aromatic N) is 1. The van der Waals surface area contributed by atoms with E-state index in [4.69, 9.17) is 11.6 Å². The number of benzene rings is 2. The Hall–Kier alpha value is -1.18. The van der Waals surface area contributed by atoms with Gasteiger partial charge in [0.25, 0.3) is 0 Å². The molecular formula is C21H25BrClNO3S. The van der Waals surface area contributed by atoms with Gasteiger partial charge in [-0.1, -0.05) is 71.7 Å². The quantitative estimate of drug-likeness (QED) is 0.532. The van der Waals surface area contributed by atoms with Crippen molar-refractivity contribution in [1.29, 1.82) is 0 Å². The van der Waals surface area contributed by atoms with Crippen LogP contribution >= 0.6 is 27.5 Å². The van der Waals surface area contributed by atoms with Gasteiger partial charge in [-0.2, -0.15) is 4.31 Å². The maximum Gasteiger partial charge on any atom is 0.243 e. The van der Waals surface area contributed by atoms with Crippen molar-refractivity contribution in [1.82, 2.24) is 4.31 Å². The third kappa shape index (κ3) is 6.42. The van der Waals surface area contributed by atoms with Gasteiger partial charge >= 0.3 is 0 Å². The van der Waals surface area contributed by atoms with Gasteiger partial charge < -0.3 is 5.11 Å². The van der Waals surface area contributed by atoms with Crippen molar-refractivity contribution in [3.63, 3.8) is 0 Å². The van der Waals surface area contributed by atoms with Gasteiger partial charge in [0.05, 0.1) is 11.5 Å². The van der Waals surface area contributed by atoms with Gasteiger partial charge in [0.15, 0.2) is 0 Å². The molecule has 7 heteroatoms. The van der Waals surface area contributed by atoms with Crippen molar-refractivity contribution in [2.45, 2.75) is 31.2 Å². The molecule has 152 valence electrons. The highest BCUT2D eigenvalue weighted by atomic mass is 79.9. The van der Waals surface area contributed by atoms with E-state index in [1.54, 1.807) is 12.1 Å². The molecule has 0 unspecified atom stereocenters. The topological polar surface area (TPSA) is 57.6 Å². The fourth-order valence-corrected chi connectivity index (χ4v) is 5.34. The van der Waals surface area contributed by atoms with Crippen LogP contribution in [0.5, 0.6) is 0 Å². The molecule has 2 aromatic rings. The Morgan fingerprint density at radius 2 is 1.75 bits per heavy atom. The smallest absolute Gasteiger partial charge is 0.243 e. The zero-order valence-electron chi connectivity index (χ0n) is 15.9. The van der Waals surface area contributed by atoms with Gasteiger partial charge in [-0.25, -0.2) is 8.42 Å². The monoisotopic (exact) mass is 485 g/mol. The number of halogens is 2. The molecule has 0 bridgehead atoms. The average molecular weight is 487 g/mol. The van der Waals surface area contributed by atoms with E-state index in [0.29, 0.717) is 15.9 Å². The number of aliphatic hydroxyl groups is 1. The van der Waals surface area contributed by atoms with Crippen LogP contribution in [0.25, 0.3) is 6.08 Å². The van der Waals surface area contributed by atoms with Crippen molar-refractivity contribution < 1.29 is 13.5 Å². The van der Waals surface area contributed by atoms with Crippen LogP contribution in [0.3, 0.4) is 0 Å². The van der Waals surface area contributed by atoms with Crippen LogP contribution in [0.15, 0.2) is 64.0 Å². The molecule has 0 aromatic heterocycles. The Kier molecular flexibility index (Phi) is 8.71. The molecule has 0 aliphatic heterocycles. The van der Waals surface area contributed by atoms with Gasteiger partial charge in [-0.3, -0.25) is 0 Å². The number of rotatable bonds is 9. The highest BCUT2D eigenvalue weighted by molar-refractivity contribution is 9.11. The first-order chi connectivity index (χ1) is 13.2. The molecular weight excluding hydrogens is 462 g/mol. The van der Waals surface area contributed by atoms with Gasteiger partial charge in [-0.05, 0) is 48.2 Å². The Bertz CT molecular complexity index is 884. The predicted molar refractivity (Wildman–Crippen MR) is 119 cm³/mol. The highest BCUT2D eigenvalue weighted by Crippen LogP contribution is 2.26. The minimum absolute atomic E-state index is 0.123. The van der Waals surface area contributed by atoms with E-state index in [1.165, 1.54) is 16.4 Å². The summed E-state index contributed by atoms with van der Waals surface area (Å²) in [5.74, 6) is 0.233. The Balaban J connectivity index is 2.41. The summed E-state index contributed by atoms with van der Waals surface area (Å²) in [6, 6.07) is 15.2. The Morgan fingerprint density at radius 1 is 1.14 bits per heavy atom. The summed E-state index contributed by atoms with van der Waals surface area (Å²) in [4.78, 5) is 0.152. The summed E-state index contributed by atoms with van der Waals surface area (Å²) in [6.45, 7) is 3.88. The van der Waals surface area contributed by atoms with Crippen LogP contribution in [-0.4, -0.2) is 37.0 Å². The van der Waals surface area contributed by atoms with E-state index in [1.807, 2.05) is 50.3 Å². The lowest BCUT2D eigenvalue weighted by molar-refractivity contribution is 0.175. The predicted octanol–water partition coefficient (Wildman–Crippen LogP) is 5.17. The van der Waals surface area contributed by atoms with E-state index < -0.39 is 16.1 Å². The van der Waals surface area contributed by atoms with E-state index in [0.717, 1.165) is 5.56 Å². The lowest BCUT2D eigenvalue weighted by atomic mass is 10.0. The number of aliphatic hydroxyl groups excluding tert-OH is 1. The second kappa shape index (κ2) is 10.6. The molecule has 28 heavy (non-hydrogen) atoms. The molecule has 1 atom stereocenters. The molecule has 0 spiro atoms. The lowest BCUT2D eigenvalue weighted by Gasteiger charge is -2.31. The van der Waals surface area contributed by atoms with Crippen molar-refractivity contribution >= 4 is 43.6 Å². The maximum absolute atomic E-state index is 13.3. The van der Waals surface area contributed by atoms with Gasteiger partial charge in [0.2, 0.25) is 10.0 Å². The summed E-state index contributed by atoms with van der Waals surface area (Å²) in [5.41, 5.74) is 0.961. The fourth-order valence-electron chi connectivity index (χ4n) is 2.90. The highest BCUT2D eigenvalue weighted by Gasteiger charge is 2.32. The zero-order chi connectivity index (χ0) is 20.7. The van der Waals surface area contributed by atoms with Crippen LogP contribution in [0.4, 0.5) is 0 Å². The summed E-state index contributed by atoms with van der Waals surface area (Å²) in [5, 5.41) is 10.4. The molecule has 0 aliphatic carbocycles. The number of hydrogen-bond acceptors (Lipinski definition) is 3. The van der Waals surface area contributed by atoms with Gasteiger partial charge in [0, 0.05) is 22.1 Å². The normalized spacial score (nSPS) is 13.9. The van der Waals surface area contributed by atoms with Crippen molar-refractivity contribution in [2.24, 2.45) is 5.92 Å². The van der Waals surface area contributed by atoms with Crippen molar-refractivity contribution in [3.8, 4) is 0 Å². The van der Waals surface area contributed by atoms with E-state index >= 15 is 0 Å². The molecule has 1 N–H and O–H groups in total. The minimum Gasteiger partial charge on any atom is -0.395 e. The van der Waals surface area contributed by atoms with E-state index in [-0.39, 0.29) is 24.0 Å². The summed E-state index contributed by atoms with van der Waals surface area (Å²) < 4.78 is 28.7. The summed E-state index contributed by atoms with van der Waals surface area (Å²) in [6.07, 6.45) is 2.43. The first kappa shape index (κ1) is 23.1. The van der Waals surface area contributed by atoms with Crippen LogP contribution in [0, 0.1) is 5.92 Å². The molecule has 0 amide bonds. The van der Waals surface area contributed by atoms with Crippen LogP contribution in [0.1, 0.15) is 25.8 Å². The SMILES string of the molecule is CC(C)C[C@H](CO)N(CC(Br)=Cc1ccccc1)S(=O)(=O)c1ccc(Cl)cc1. The van der Waals surface area contributed by atoms with Gasteiger partial charge in [-0.15, -0.1) is 0 Å². The first-order valence-electron chi connectivity index (χ1n) is 9.03. The van der Waals surface area contributed by atoms with E-state index in [2.05, 4.69) is 15.9 Å². The molecule has 0 saturated heterocycles. The largest absolute Gasteiger partial charge is 0.395 e. The van der Waals surface area contributed by atoms with Crippen LogP contribution < -0.4 is 0 Å². The second-order valence-corrected chi connectivity index (χ2v) is 10.3. The molecule has 0 heterocycles. The van der Waals surface area contributed by atoms with Crippen LogP contribution in [-0.2, 0) is 10.0 Å². The van der Waals surface area contributed by atoms with Gasteiger partial charge in [0.1, 0.15) is 0 Å². The third-order valence-electron chi connectivity index (χ3n) is 4.21. The minimum atomic E-state index is -3.82. The first-order valence-corrected chi connectivity index (χ1v) is 11.6. The molecule has 2 rings (SSSR count). The number of hydrogen-bond donors (Lipinski definition) is 1. The zero-order valence-corrected chi connectivity index (χ0v) is 19.1. The summed E-state index contributed by atoms with van der Waals surface area (Å²) >= 11 is 9.42. The fraction of sp³-hybridized carbons (Fsp3) is 0.333. The second-order valence-electron chi connectivity index (χ2n) is 6.97. The average Bonchev–Trinajstić information content (AvgIpc) is 2.65. The lowest BCUT2D eigenvalue weighted by Crippen LogP contribution is -2.43. The Morgan fingerprint density at radius 3 is 2.29 bits per heavy atom. The molecule has 0 radical (unpaired) electrons. The molecule has 4 nitrogen and oxygen atoms in total. The molecule has 0 fully saturated rings. The van der Waals surface area contributed by atoms with Crippen molar-refractivity contribution in [2.75, 3.05) is 13.2 Å². The third-order valence-corrected chi connectivity index (χ3v) is 6.86. The van der Waals surface area contributed by atoms with E-state index in [9.17, 15) is 13.5 Å². The molecule has 2 aromatic carbocycles. The summed E-state index contributed by atoms with van der Waals surface area (Å²) in [7, 11) is -3.82. The Labute approximate surface area is 181 Å². The van der Waals surface area contributed by atoms with Crippen LogP contribution in [0.2, 0.25) is 5.02 Å². The molecule has 0 saturated carbocycles. The molecule has 0 aliphatic rings. The standard InChI is InChI=1S/C21H25BrClNO3S/c1-16(2)12-20(15-25)24(14-18(22)13-17-6-4-3-5-7-17)28(26,27)21-10-8-19(23)9-11-21/h3-11,13,16,20,25H,12,14-15H2,1-2H3/t20-/m1/s1.